The van der Waals surface area contributed by atoms with Crippen molar-refractivity contribution < 1.29 is 44.9 Å². The molecule has 0 spiro atoms. The van der Waals surface area contributed by atoms with E-state index in [1.165, 1.54) is 4.90 Å². The Morgan fingerprint density at radius 1 is 0.981 bits per heavy atom. The van der Waals surface area contributed by atoms with Gasteiger partial charge in [-0.15, -0.1) is 11.8 Å². The Kier molecular flexibility index (Phi) is 15.8. The molecule has 7 N–H and O–H groups in total. The minimum Gasteiger partial charge on any atom is -0.490 e. The molecule has 0 bridgehead atoms. The van der Waals surface area contributed by atoms with Gasteiger partial charge in [-0.3, -0.25) is 9.78 Å². The van der Waals surface area contributed by atoms with Crippen LogP contribution in [-0.4, -0.2) is 122 Å². The third kappa shape index (κ3) is 11.6. The number of para-hydroxylation sites is 1. The summed E-state index contributed by atoms with van der Waals surface area (Å²) in [7, 11) is 0. The van der Waals surface area contributed by atoms with Crippen molar-refractivity contribution in [2.75, 3.05) is 45.3 Å². The number of amides is 1. The molecule has 1 aromatic heterocycles. The highest BCUT2D eigenvalue weighted by atomic mass is 35.5. The van der Waals surface area contributed by atoms with Crippen molar-refractivity contribution in [2.45, 2.75) is 92.4 Å². The zero-order chi connectivity index (χ0) is 37.8. The Labute approximate surface area is 320 Å². The summed E-state index contributed by atoms with van der Waals surface area (Å²) in [4.78, 5) is 19.9. The molecule has 4 unspecified atom stereocenters. The van der Waals surface area contributed by atoms with Crippen LogP contribution in [0.15, 0.2) is 65.8 Å². The molecule has 1 heterocycles. The van der Waals surface area contributed by atoms with E-state index in [0.717, 1.165) is 77.2 Å². The molecule has 3 aromatic rings. The Hall–Kier alpha value is -2.82. The number of hydrogen-bond acceptors (Lipinski definition) is 12. The number of hydrogen-bond donors (Lipinski definition) is 7. The third-order valence-corrected chi connectivity index (χ3v) is 11.1. The maximum Gasteiger partial charge on any atom is 0.254 e. The van der Waals surface area contributed by atoms with Crippen LogP contribution in [0.25, 0.3) is 11.1 Å². The number of aliphatic hydroxyl groups excluding tert-OH is 6. The number of carbonyl (C=O) groups is 1. The lowest BCUT2D eigenvalue weighted by Crippen LogP contribution is -2.53. The molecule has 2 aromatic carbocycles. The first-order chi connectivity index (χ1) is 25.7. The SMILES string of the molecule is O=C(C(O)C(O)C(O)C(O)CO)N(CCCCCSc1ccc(Cl)c(CNC2(c3cnccc3-c3ccccc3OC3CC3)CC2)c1)CCOCCO. The number of nitrogens with zero attached hydrogens (tertiary/aromatic N) is 2. The van der Waals surface area contributed by atoms with Crippen LogP contribution >= 0.6 is 23.4 Å². The number of halogens is 1. The molecule has 5 rings (SSSR count). The van der Waals surface area contributed by atoms with Crippen molar-refractivity contribution in [3.8, 4) is 16.9 Å². The van der Waals surface area contributed by atoms with Crippen LogP contribution in [-0.2, 0) is 21.6 Å². The smallest absolute Gasteiger partial charge is 0.254 e. The normalized spacial score (nSPS) is 17.2. The molecule has 0 radical (unpaired) electrons. The third-order valence-electron chi connectivity index (χ3n) is 9.62. The summed E-state index contributed by atoms with van der Waals surface area (Å²) in [6.45, 7) is 0.144. The topological polar surface area (TPSA) is 185 Å². The Bertz CT molecular complexity index is 1610. The van der Waals surface area contributed by atoms with Gasteiger partial charge in [0.15, 0.2) is 6.10 Å². The first-order valence-electron chi connectivity index (χ1n) is 18.3. The first kappa shape index (κ1) is 41.3. The molecule has 2 aliphatic rings. The fraction of sp³-hybridized carbons (Fsp3) is 0.538. The average molecular weight is 774 g/mol. The number of unbranched alkanes of at least 4 members (excludes halogenated alkanes) is 2. The van der Waals surface area contributed by atoms with Crippen LogP contribution in [0.2, 0.25) is 5.02 Å². The standard InChI is InChI=1S/C39H52ClN3O9S/c40-32-11-10-28(53-21-5-1-4-16-43(17-19-51-20-18-44)38(50)37(49)36(48)35(47)33(46)25-45)22-26(32)23-42-39(13-14-39)31-24-41-15-12-29(31)30-6-2-3-7-34(30)52-27-8-9-27/h2-3,6-7,10-12,15,22,24,27,33,35-37,42,44-49H,1,4-5,8-9,13-14,16-21,23,25H2. The van der Waals surface area contributed by atoms with E-state index < -0.39 is 36.9 Å². The van der Waals surface area contributed by atoms with Crippen molar-refractivity contribution in [3.63, 3.8) is 0 Å². The van der Waals surface area contributed by atoms with Crippen LogP contribution in [0.3, 0.4) is 0 Å². The number of aromatic nitrogens is 1. The molecule has 4 atom stereocenters. The molecule has 2 saturated carbocycles. The summed E-state index contributed by atoms with van der Waals surface area (Å²) in [5.41, 5.74) is 4.19. The number of ether oxygens (including phenoxy) is 2. The monoisotopic (exact) mass is 773 g/mol. The number of aliphatic hydroxyl groups is 6. The van der Waals surface area contributed by atoms with E-state index in [-0.39, 0.29) is 38.4 Å². The number of benzene rings is 2. The first-order valence-corrected chi connectivity index (χ1v) is 19.7. The zero-order valence-electron chi connectivity index (χ0n) is 29.9. The quantitative estimate of drug-likeness (QED) is 0.0522. The molecule has 0 saturated heterocycles. The predicted molar refractivity (Wildman–Crippen MR) is 203 cm³/mol. The van der Waals surface area contributed by atoms with E-state index in [2.05, 4.69) is 28.5 Å². The Morgan fingerprint density at radius 3 is 2.51 bits per heavy atom. The van der Waals surface area contributed by atoms with E-state index in [1.54, 1.807) is 11.8 Å². The molecular weight excluding hydrogens is 722 g/mol. The number of rotatable bonds is 24. The second-order valence-electron chi connectivity index (χ2n) is 13.7. The summed E-state index contributed by atoms with van der Waals surface area (Å²) < 4.78 is 11.5. The van der Waals surface area contributed by atoms with Crippen molar-refractivity contribution in [2.24, 2.45) is 0 Å². The van der Waals surface area contributed by atoms with Crippen molar-refractivity contribution in [1.82, 2.24) is 15.2 Å². The molecule has 12 nitrogen and oxygen atoms in total. The van der Waals surface area contributed by atoms with Gasteiger partial charge in [-0.1, -0.05) is 36.2 Å². The van der Waals surface area contributed by atoms with Gasteiger partial charge < -0.3 is 50.3 Å². The van der Waals surface area contributed by atoms with Gasteiger partial charge in [0.2, 0.25) is 0 Å². The molecule has 53 heavy (non-hydrogen) atoms. The highest BCUT2D eigenvalue weighted by molar-refractivity contribution is 7.99. The summed E-state index contributed by atoms with van der Waals surface area (Å²) in [6.07, 6.45) is 2.93. The van der Waals surface area contributed by atoms with E-state index in [0.29, 0.717) is 24.1 Å². The summed E-state index contributed by atoms with van der Waals surface area (Å²) >= 11 is 8.41. The summed E-state index contributed by atoms with van der Waals surface area (Å²) in [5.74, 6) is 0.915. The maximum atomic E-state index is 13.0. The second kappa shape index (κ2) is 20.2. The lowest BCUT2D eigenvalue weighted by atomic mass is 9.94. The lowest BCUT2D eigenvalue weighted by Gasteiger charge is -2.30. The fourth-order valence-electron chi connectivity index (χ4n) is 6.18. The maximum absolute atomic E-state index is 13.0. The van der Waals surface area contributed by atoms with Crippen LogP contribution in [0.4, 0.5) is 0 Å². The molecular formula is C39H52ClN3O9S. The number of thioether (sulfide) groups is 1. The largest absolute Gasteiger partial charge is 0.490 e. The minimum atomic E-state index is -2.00. The average Bonchev–Trinajstić information content (AvgIpc) is 4.13. The van der Waals surface area contributed by atoms with Crippen molar-refractivity contribution in [3.05, 3.63) is 77.1 Å². The highest BCUT2D eigenvalue weighted by Gasteiger charge is 2.46. The number of pyridine rings is 1. The molecule has 1 amide bonds. The summed E-state index contributed by atoms with van der Waals surface area (Å²) in [5, 5.41) is 62.8. The lowest BCUT2D eigenvalue weighted by molar-refractivity contribution is -0.159. The van der Waals surface area contributed by atoms with Gasteiger partial charge in [-0.2, -0.15) is 0 Å². The van der Waals surface area contributed by atoms with Gasteiger partial charge in [-0.25, -0.2) is 0 Å². The zero-order valence-corrected chi connectivity index (χ0v) is 31.4. The number of carbonyl (C=O) groups excluding carboxylic acids is 1. The molecule has 290 valence electrons. The van der Waals surface area contributed by atoms with Crippen LogP contribution in [0.5, 0.6) is 5.75 Å². The molecule has 14 heteroatoms. The number of nitrogens with one attached hydrogen (secondary N) is 1. The molecule has 0 aliphatic heterocycles. The summed E-state index contributed by atoms with van der Waals surface area (Å²) in [6, 6.07) is 16.4. The van der Waals surface area contributed by atoms with Gasteiger partial charge in [0.1, 0.15) is 24.1 Å². The highest BCUT2D eigenvalue weighted by Crippen LogP contribution is 2.50. The molecule has 2 fully saturated rings. The van der Waals surface area contributed by atoms with Crippen molar-refractivity contribution in [1.29, 1.82) is 0 Å². The van der Waals surface area contributed by atoms with Crippen LogP contribution in [0, 0.1) is 0 Å². The van der Waals surface area contributed by atoms with Gasteiger partial charge in [0, 0.05) is 53.0 Å². The van der Waals surface area contributed by atoms with E-state index >= 15 is 0 Å². The predicted octanol–water partition coefficient (Wildman–Crippen LogP) is 3.26. The van der Waals surface area contributed by atoms with Gasteiger partial charge >= 0.3 is 0 Å². The fourth-order valence-corrected chi connectivity index (χ4v) is 7.33. The van der Waals surface area contributed by atoms with Crippen molar-refractivity contribution >= 4 is 29.3 Å². The second-order valence-corrected chi connectivity index (χ2v) is 15.2. The Balaban J connectivity index is 1.12. The molecule has 2 aliphatic carbocycles. The van der Waals surface area contributed by atoms with Crippen LogP contribution < -0.4 is 10.1 Å². The van der Waals surface area contributed by atoms with Gasteiger partial charge in [0.25, 0.3) is 5.91 Å². The Morgan fingerprint density at radius 2 is 1.77 bits per heavy atom. The van der Waals surface area contributed by atoms with E-state index in [1.807, 2.05) is 42.7 Å². The van der Waals surface area contributed by atoms with Gasteiger partial charge in [-0.05, 0) is 91.3 Å². The van der Waals surface area contributed by atoms with Gasteiger partial charge in [0.05, 0.1) is 32.5 Å². The van der Waals surface area contributed by atoms with Crippen LogP contribution in [0.1, 0.15) is 56.1 Å². The van der Waals surface area contributed by atoms with E-state index in [4.69, 9.17) is 31.3 Å². The minimum absolute atomic E-state index is 0.0891. The van der Waals surface area contributed by atoms with E-state index in [9.17, 15) is 25.2 Å².